The summed E-state index contributed by atoms with van der Waals surface area (Å²) in [4.78, 5) is 29.4. The van der Waals surface area contributed by atoms with Crippen LogP contribution in [0.4, 0.5) is 17.6 Å². The van der Waals surface area contributed by atoms with Gasteiger partial charge in [0, 0.05) is 24.8 Å². The fourth-order valence-corrected chi connectivity index (χ4v) is 3.74. The first-order valence-electron chi connectivity index (χ1n) is 10.2. The van der Waals surface area contributed by atoms with Gasteiger partial charge in [0.2, 0.25) is 5.91 Å². The molecule has 1 amide bonds. The summed E-state index contributed by atoms with van der Waals surface area (Å²) in [5.41, 5.74) is 1.02. The fourth-order valence-electron chi connectivity index (χ4n) is 3.47. The number of carbonyl (C=O) groups excluding carboxylic acids is 2. The third kappa shape index (κ3) is 5.88. The Balaban J connectivity index is 1.68. The van der Waals surface area contributed by atoms with Crippen LogP contribution in [0.15, 0.2) is 23.4 Å². The number of benzene rings is 1. The van der Waals surface area contributed by atoms with Gasteiger partial charge < -0.3 is 10.2 Å². The maximum Gasteiger partial charge on any atom is 0.405 e. The van der Waals surface area contributed by atoms with E-state index in [1.807, 2.05) is 0 Å². The number of alkyl halides is 3. The molecule has 1 aromatic carbocycles. The molecule has 2 heterocycles. The number of aromatic nitrogens is 2. The molecule has 1 N–H and O–H groups in total. The highest BCUT2D eigenvalue weighted by atomic mass is 35.5. The van der Waals surface area contributed by atoms with Crippen molar-refractivity contribution in [2.45, 2.75) is 51.8 Å². The Morgan fingerprint density at radius 3 is 2.53 bits per heavy atom. The summed E-state index contributed by atoms with van der Waals surface area (Å²) in [6.07, 6.45) is -5.10. The van der Waals surface area contributed by atoms with E-state index < -0.39 is 42.3 Å². The van der Waals surface area contributed by atoms with Gasteiger partial charge in [-0.2, -0.15) is 13.2 Å². The number of aryl methyl sites for hydroxylation is 2. The monoisotopic (exact) mass is 500 g/mol. The lowest BCUT2D eigenvalue weighted by molar-refractivity contribution is -0.138. The molecule has 0 fully saturated rings. The molecule has 3 rings (SSSR count). The highest BCUT2D eigenvalue weighted by Gasteiger charge is 2.40. The van der Waals surface area contributed by atoms with Crippen molar-refractivity contribution in [3.63, 3.8) is 0 Å². The van der Waals surface area contributed by atoms with Crippen LogP contribution in [0.2, 0.25) is 5.02 Å². The highest BCUT2D eigenvalue weighted by Crippen LogP contribution is 2.39. The second kappa shape index (κ2) is 9.65. The second-order valence-corrected chi connectivity index (χ2v) is 8.63. The minimum absolute atomic E-state index is 0.00819. The lowest BCUT2D eigenvalue weighted by Crippen LogP contribution is -2.33. The van der Waals surface area contributed by atoms with Gasteiger partial charge in [-0.15, -0.1) is 10.2 Å². The maximum absolute atomic E-state index is 14.6. The van der Waals surface area contributed by atoms with Gasteiger partial charge in [0.1, 0.15) is 29.5 Å². The van der Waals surface area contributed by atoms with Crippen molar-refractivity contribution in [2.75, 3.05) is 6.54 Å². The first-order valence-corrected chi connectivity index (χ1v) is 10.6. The molecule has 0 radical (unpaired) electrons. The van der Waals surface area contributed by atoms with E-state index in [0.29, 0.717) is 17.0 Å². The Kier molecular flexibility index (Phi) is 7.25. The highest BCUT2D eigenvalue weighted by molar-refractivity contribution is 6.30. The number of rotatable bonds is 7. The molecule has 182 valence electrons. The Labute approximate surface area is 197 Å². The van der Waals surface area contributed by atoms with E-state index in [1.54, 1.807) is 38.2 Å². The van der Waals surface area contributed by atoms with Gasteiger partial charge in [-0.3, -0.25) is 9.59 Å². The lowest BCUT2D eigenvalue weighted by atomic mass is 9.88. The second-order valence-electron chi connectivity index (χ2n) is 8.22. The third-order valence-corrected chi connectivity index (χ3v) is 5.49. The zero-order valence-electron chi connectivity index (χ0n) is 18.5. The van der Waals surface area contributed by atoms with Crippen LogP contribution in [0, 0.1) is 19.7 Å². The van der Waals surface area contributed by atoms with E-state index in [2.05, 4.69) is 15.4 Å². The topological polar surface area (TPSA) is 93.5 Å². The van der Waals surface area contributed by atoms with Crippen molar-refractivity contribution in [2.24, 2.45) is 5.16 Å². The van der Waals surface area contributed by atoms with Crippen molar-refractivity contribution < 1.29 is 32.0 Å². The smallest absolute Gasteiger partial charge is 0.384 e. The van der Waals surface area contributed by atoms with Crippen LogP contribution in [-0.4, -0.2) is 40.3 Å². The zero-order chi connectivity index (χ0) is 25.3. The molecule has 1 aliphatic rings. The predicted molar refractivity (Wildman–Crippen MR) is 115 cm³/mol. The van der Waals surface area contributed by atoms with E-state index in [0.717, 1.165) is 5.56 Å². The number of ketones is 1. The molecular formula is C22H21ClF4N4O3. The number of hydrogen-bond acceptors (Lipinski definition) is 6. The standard InChI is InChI=1S/C22H21ClF4N4O3/c1-11-6-13(19(24)14(23)7-11)21(3)9-16(31-34-21)15-8-12(2)20(30-29-15)17(32)4-5-18(33)28-10-22(25,26)27/h6-8H,4-5,9-10H2,1-3H3,(H,28,33). The summed E-state index contributed by atoms with van der Waals surface area (Å²) in [6.45, 7) is 3.58. The molecule has 34 heavy (non-hydrogen) atoms. The maximum atomic E-state index is 14.6. The normalized spacial score (nSPS) is 17.8. The first kappa shape index (κ1) is 25.5. The number of nitrogens with one attached hydrogen (secondary N) is 1. The molecule has 0 saturated heterocycles. The van der Waals surface area contributed by atoms with Crippen LogP contribution in [-0.2, 0) is 15.2 Å². The van der Waals surface area contributed by atoms with E-state index in [4.69, 9.17) is 16.4 Å². The summed E-state index contributed by atoms with van der Waals surface area (Å²) in [5, 5.41) is 13.6. The van der Waals surface area contributed by atoms with E-state index in [9.17, 15) is 27.2 Å². The Bertz CT molecular complexity index is 1170. The summed E-state index contributed by atoms with van der Waals surface area (Å²) in [6, 6.07) is 4.69. The van der Waals surface area contributed by atoms with E-state index in [1.165, 1.54) is 6.07 Å². The summed E-state index contributed by atoms with van der Waals surface area (Å²) in [7, 11) is 0. The number of Topliss-reactive ketones (excluding diaryl/α,β-unsaturated/α-hetero) is 1. The van der Waals surface area contributed by atoms with Gasteiger partial charge in [-0.25, -0.2) is 4.39 Å². The Morgan fingerprint density at radius 1 is 1.18 bits per heavy atom. The molecule has 0 spiro atoms. The van der Waals surface area contributed by atoms with Crippen molar-refractivity contribution in [3.8, 4) is 0 Å². The zero-order valence-corrected chi connectivity index (χ0v) is 19.3. The molecule has 12 heteroatoms. The van der Waals surface area contributed by atoms with E-state index >= 15 is 0 Å². The van der Waals surface area contributed by atoms with Crippen molar-refractivity contribution in [1.82, 2.24) is 15.5 Å². The van der Waals surface area contributed by atoms with Crippen LogP contribution in [0.25, 0.3) is 0 Å². The van der Waals surface area contributed by atoms with Crippen molar-refractivity contribution in [1.29, 1.82) is 0 Å². The quantitative estimate of drug-likeness (QED) is 0.444. The van der Waals surface area contributed by atoms with Crippen LogP contribution in [0.5, 0.6) is 0 Å². The molecule has 1 atom stereocenters. The number of carbonyl (C=O) groups is 2. The van der Waals surface area contributed by atoms with Gasteiger partial charge in [0.25, 0.3) is 0 Å². The third-order valence-electron chi connectivity index (χ3n) is 5.21. The first-order chi connectivity index (χ1) is 15.8. The summed E-state index contributed by atoms with van der Waals surface area (Å²) in [5.74, 6) is -2.04. The Morgan fingerprint density at radius 2 is 1.88 bits per heavy atom. The van der Waals surface area contributed by atoms with Crippen LogP contribution >= 0.6 is 11.6 Å². The van der Waals surface area contributed by atoms with Crippen molar-refractivity contribution in [3.05, 3.63) is 57.1 Å². The number of hydrogen-bond donors (Lipinski definition) is 1. The predicted octanol–water partition coefficient (Wildman–Crippen LogP) is 4.57. The Hall–Kier alpha value is -3.08. The molecule has 1 unspecified atom stereocenters. The van der Waals surface area contributed by atoms with Crippen LogP contribution in [0.1, 0.15) is 59.1 Å². The molecule has 0 bridgehead atoms. The molecule has 1 aliphatic heterocycles. The molecule has 1 aromatic heterocycles. The molecular weight excluding hydrogens is 480 g/mol. The number of nitrogens with zero attached hydrogens (tertiary/aromatic N) is 3. The molecule has 0 aliphatic carbocycles. The minimum atomic E-state index is -4.53. The average molecular weight is 501 g/mol. The van der Waals surface area contributed by atoms with E-state index in [-0.39, 0.29) is 29.1 Å². The van der Waals surface area contributed by atoms with Gasteiger partial charge in [0.15, 0.2) is 11.4 Å². The molecule has 2 aromatic rings. The SMILES string of the molecule is Cc1cc(Cl)c(F)c(C2(C)CC(c3cc(C)c(C(=O)CCC(=O)NCC(F)(F)F)nn3)=NO2)c1. The number of oxime groups is 1. The van der Waals surface area contributed by atoms with Gasteiger partial charge >= 0.3 is 6.18 Å². The summed E-state index contributed by atoms with van der Waals surface area (Å²) < 4.78 is 51.1. The average Bonchev–Trinajstić information content (AvgIpc) is 3.15. The van der Waals surface area contributed by atoms with Crippen LogP contribution in [0.3, 0.4) is 0 Å². The largest absolute Gasteiger partial charge is 0.405 e. The van der Waals surface area contributed by atoms with Gasteiger partial charge in [-0.1, -0.05) is 16.8 Å². The van der Waals surface area contributed by atoms with Gasteiger partial charge in [-0.05, 0) is 50.1 Å². The minimum Gasteiger partial charge on any atom is -0.384 e. The summed E-state index contributed by atoms with van der Waals surface area (Å²) >= 11 is 5.97. The number of halogens is 5. The molecule has 7 nitrogen and oxygen atoms in total. The van der Waals surface area contributed by atoms with Crippen LogP contribution < -0.4 is 5.32 Å². The lowest BCUT2D eigenvalue weighted by Gasteiger charge is -2.23. The molecule has 0 saturated carbocycles. The van der Waals surface area contributed by atoms with Crippen molar-refractivity contribution >= 4 is 29.0 Å². The fraction of sp³-hybridized carbons (Fsp3) is 0.409. The van der Waals surface area contributed by atoms with Gasteiger partial charge in [0.05, 0.1) is 5.02 Å². The number of amides is 1.